The minimum atomic E-state index is -3.34. The maximum absolute atomic E-state index is 12.1. The molecule has 0 radical (unpaired) electrons. The van der Waals surface area contributed by atoms with Gasteiger partial charge in [-0.2, -0.15) is 0 Å². The Bertz CT molecular complexity index is 600. The highest BCUT2D eigenvalue weighted by molar-refractivity contribution is 9.10. The van der Waals surface area contributed by atoms with E-state index in [1.165, 1.54) is 11.0 Å². The van der Waals surface area contributed by atoms with Crippen LogP contribution in [0.1, 0.15) is 6.92 Å². The third-order valence-electron chi connectivity index (χ3n) is 2.86. The van der Waals surface area contributed by atoms with Gasteiger partial charge in [0.1, 0.15) is 0 Å². The van der Waals surface area contributed by atoms with Gasteiger partial charge < -0.3 is 10.6 Å². The lowest BCUT2D eigenvalue weighted by atomic mass is 10.2. The molecule has 1 aromatic rings. The van der Waals surface area contributed by atoms with Gasteiger partial charge in [-0.05, 0) is 25.1 Å². The number of nitrogens with two attached hydrogens (primary N) is 1. The number of hydrogen-bond acceptors (Lipinski definition) is 4. The summed E-state index contributed by atoms with van der Waals surface area (Å²) in [6, 6.07) is 4.39. The molecule has 1 amide bonds. The number of nitrogens with zero attached hydrogens (tertiary/aromatic N) is 1. The van der Waals surface area contributed by atoms with Gasteiger partial charge in [-0.25, -0.2) is 8.42 Å². The molecule has 5 nitrogen and oxygen atoms in total. The highest BCUT2D eigenvalue weighted by Gasteiger charge is 2.36. The summed E-state index contributed by atoms with van der Waals surface area (Å²) < 4.78 is 24.9. The zero-order valence-corrected chi connectivity index (χ0v) is 12.2. The Kier molecular flexibility index (Phi) is 3.48. The fourth-order valence-corrected chi connectivity index (χ4v) is 4.20. The second kappa shape index (κ2) is 4.64. The van der Waals surface area contributed by atoms with Crippen molar-refractivity contribution in [2.45, 2.75) is 17.9 Å². The van der Waals surface area contributed by atoms with Crippen LogP contribution in [0, 0.1) is 0 Å². The summed E-state index contributed by atoms with van der Waals surface area (Å²) in [7, 11) is -3.34. The first-order valence-electron chi connectivity index (χ1n) is 5.41. The van der Waals surface area contributed by atoms with Crippen LogP contribution >= 0.6 is 15.9 Å². The first kappa shape index (κ1) is 13.5. The Morgan fingerprint density at radius 1 is 1.56 bits per heavy atom. The predicted molar refractivity (Wildman–Crippen MR) is 72.2 cm³/mol. The van der Waals surface area contributed by atoms with E-state index in [1.807, 2.05) is 0 Å². The Labute approximate surface area is 114 Å². The smallest absolute Gasteiger partial charge is 0.241 e. The van der Waals surface area contributed by atoms with Gasteiger partial charge in [0, 0.05) is 10.5 Å². The van der Waals surface area contributed by atoms with Crippen molar-refractivity contribution in [3.8, 4) is 0 Å². The third-order valence-corrected chi connectivity index (χ3v) is 5.29. The van der Waals surface area contributed by atoms with Crippen molar-refractivity contribution in [2.75, 3.05) is 17.2 Å². The van der Waals surface area contributed by atoms with E-state index >= 15 is 0 Å². The Balaban J connectivity index is 2.67. The number of anilines is 1. The molecule has 0 aliphatic carbocycles. The maximum atomic E-state index is 12.1. The van der Waals surface area contributed by atoms with Crippen LogP contribution in [0.2, 0.25) is 0 Å². The van der Waals surface area contributed by atoms with Crippen LogP contribution in [0.25, 0.3) is 0 Å². The molecule has 2 rings (SSSR count). The number of amides is 1. The van der Waals surface area contributed by atoms with Crippen molar-refractivity contribution in [2.24, 2.45) is 5.73 Å². The zero-order chi connectivity index (χ0) is 13.5. The van der Waals surface area contributed by atoms with E-state index < -0.39 is 15.9 Å². The molecule has 1 heterocycles. The number of benzene rings is 1. The average molecular weight is 333 g/mol. The van der Waals surface area contributed by atoms with Gasteiger partial charge >= 0.3 is 0 Å². The monoisotopic (exact) mass is 332 g/mol. The normalized spacial score (nSPS) is 21.5. The number of rotatable bonds is 1. The Hall–Kier alpha value is -0.920. The summed E-state index contributed by atoms with van der Waals surface area (Å²) in [6.45, 7) is 1.56. The Morgan fingerprint density at radius 3 is 2.83 bits per heavy atom. The summed E-state index contributed by atoms with van der Waals surface area (Å²) in [4.78, 5) is 13.5. The molecule has 1 aromatic carbocycles. The molecule has 18 heavy (non-hydrogen) atoms. The molecule has 7 heteroatoms. The summed E-state index contributed by atoms with van der Waals surface area (Å²) in [6.07, 6.45) is 0. The van der Waals surface area contributed by atoms with Gasteiger partial charge in [-0.15, -0.1) is 0 Å². The summed E-state index contributed by atoms with van der Waals surface area (Å²) in [5.74, 6) is -0.357. The molecule has 0 saturated heterocycles. The van der Waals surface area contributed by atoms with Crippen LogP contribution in [0.15, 0.2) is 27.6 Å². The van der Waals surface area contributed by atoms with Crippen molar-refractivity contribution in [3.05, 3.63) is 22.7 Å². The molecule has 0 spiro atoms. The number of sulfone groups is 1. The van der Waals surface area contributed by atoms with Gasteiger partial charge in [-0.3, -0.25) is 4.79 Å². The van der Waals surface area contributed by atoms with E-state index in [1.54, 1.807) is 19.1 Å². The molecule has 1 aliphatic rings. The molecule has 2 N–H and O–H groups in total. The zero-order valence-electron chi connectivity index (χ0n) is 9.76. The van der Waals surface area contributed by atoms with E-state index in [0.717, 1.165) is 4.47 Å². The minimum absolute atomic E-state index is 0.0760. The van der Waals surface area contributed by atoms with Crippen molar-refractivity contribution >= 4 is 37.4 Å². The number of hydrogen-bond donors (Lipinski definition) is 1. The second-order valence-corrected chi connectivity index (χ2v) is 7.13. The molecule has 98 valence electrons. The molecule has 1 atom stereocenters. The van der Waals surface area contributed by atoms with Crippen LogP contribution < -0.4 is 10.6 Å². The lowest BCUT2D eigenvalue weighted by Gasteiger charge is -2.34. The molecule has 1 unspecified atom stereocenters. The molecule has 0 aromatic heterocycles. The molecule has 0 saturated carbocycles. The number of carbonyl (C=O) groups is 1. The minimum Gasteiger partial charge on any atom is -0.322 e. The number of carbonyl (C=O) groups excluding carboxylic acids is 1. The average Bonchev–Trinajstić information content (AvgIpc) is 2.26. The van der Waals surface area contributed by atoms with Gasteiger partial charge in [0.25, 0.3) is 0 Å². The highest BCUT2D eigenvalue weighted by atomic mass is 79.9. The Morgan fingerprint density at radius 2 is 2.22 bits per heavy atom. The van der Waals surface area contributed by atoms with Gasteiger partial charge in [0.15, 0.2) is 9.84 Å². The molecular weight excluding hydrogens is 320 g/mol. The largest absolute Gasteiger partial charge is 0.322 e. The summed E-state index contributed by atoms with van der Waals surface area (Å²) >= 11 is 3.28. The lowest BCUT2D eigenvalue weighted by molar-refractivity contribution is -0.117. The summed E-state index contributed by atoms with van der Waals surface area (Å²) in [5.41, 5.74) is 5.78. The fourth-order valence-electron chi connectivity index (χ4n) is 2.14. The fraction of sp³-hybridized carbons (Fsp3) is 0.364. The van der Waals surface area contributed by atoms with Crippen LogP contribution in [0.5, 0.6) is 0 Å². The maximum Gasteiger partial charge on any atom is 0.241 e. The molecule has 1 aliphatic heterocycles. The van der Waals surface area contributed by atoms with Crippen molar-refractivity contribution in [1.82, 2.24) is 0 Å². The highest BCUT2D eigenvalue weighted by Crippen LogP contribution is 2.35. The van der Waals surface area contributed by atoms with Gasteiger partial charge in [0.05, 0.1) is 22.9 Å². The van der Waals surface area contributed by atoms with E-state index in [4.69, 9.17) is 5.73 Å². The summed E-state index contributed by atoms with van der Waals surface area (Å²) in [5, 5.41) is 0. The molecular formula is C11H13BrN2O3S. The van der Waals surface area contributed by atoms with Crippen LogP contribution in [0.3, 0.4) is 0 Å². The predicted octanol–water partition coefficient (Wildman–Crippen LogP) is 0.917. The first-order valence-corrected chi connectivity index (χ1v) is 7.86. The van der Waals surface area contributed by atoms with E-state index in [-0.39, 0.29) is 23.1 Å². The number of fused-ring (bicyclic) bond motifs is 1. The van der Waals surface area contributed by atoms with Crippen molar-refractivity contribution < 1.29 is 13.2 Å². The van der Waals surface area contributed by atoms with Crippen molar-refractivity contribution in [3.63, 3.8) is 0 Å². The first-order chi connectivity index (χ1) is 8.36. The van der Waals surface area contributed by atoms with E-state index in [2.05, 4.69) is 15.9 Å². The second-order valence-electron chi connectivity index (χ2n) is 4.21. The van der Waals surface area contributed by atoms with Gasteiger partial charge in [-0.1, -0.05) is 15.9 Å². The van der Waals surface area contributed by atoms with Crippen LogP contribution in [-0.4, -0.2) is 32.7 Å². The third kappa shape index (κ3) is 2.17. The van der Waals surface area contributed by atoms with E-state index in [0.29, 0.717) is 5.69 Å². The van der Waals surface area contributed by atoms with Crippen LogP contribution in [0.4, 0.5) is 5.69 Å². The standard InChI is InChI=1S/C11H13BrN2O3S/c1-7-6-18(16,17)10-3-2-8(12)4-9(10)14(7)11(15)5-13/h2-4,7H,5-6,13H2,1H3. The molecule has 0 fully saturated rings. The van der Waals surface area contributed by atoms with E-state index in [9.17, 15) is 13.2 Å². The molecule has 0 bridgehead atoms. The quantitative estimate of drug-likeness (QED) is 0.829. The lowest BCUT2D eigenvalue weighted by Crippen LogP contribution is -2.48. The van der Waals surface area contributed by atoms with Crippen molar-refractivity contribution in [1.29, 1.82) is 0 Å². The topological polar surface area (TPSA) is 80.5 Å². The van der Waals surface area contributed by atoms with Gasteiger partial charge in [0.2, 0.25) is 5.91 Å². The number of halogens is 1. The van der Waals surface area contributed by atoms with Crippen LogP contribution in [-0.2, 0) is 14.6 Å². The SMILES string of the molecule is CC1CS(=O)(=O)c2ccc(Br)cc2N1C(=O)CN.